The molecule has 0 aliphatic heterocycles. The van der Waals surface area contributed by atoms with Crippen LogP contribution in [0.5, 0.6) is 0 Å². The molecule has 0 saturated heterocycles. The van der Waals surface area contributed by atoms with Crippen molar-refractivity contribution in [3.63, 3.8) is 0 Å². The third kappa shape index (κ3) is 2.20. The molecule has 0 N–H and O–H groups in total. The van der Waals surface area contributed by atoms with Crippen LogP contribution in [0.1, 0.15) is 20.8 Å². The summed E-state index contributed by atoms with van der Waals surface area (Å²) in [6.07, 6.45) is 0. The second kappa shape index (κ2) is 4.26. The van der Waals surface area contributed by atoms with Crippen molar-refractivity contribution in [2.24, 2.45) is 0 Å². The Hall–Kier alpha value is -1.05. The standard InChI is InChI=1S/C11H16FN/c1-4-13(9(2)3)11-8-6-5-7-10(11)12/h5-9H,4H2,1-3H3. The molecule has 0 bridgehead atoms. The predicted molar refractivity (Wildman–Crippen MR) is 54.6 cm³/mol. The molecular formula is C11H16FN. The van der Waals surface area contributed by atoms with E-state index in [1.54, 1.807) is 6.07 Å². The van der Waals surface area contributed by atoms with Crippen LogP contribution < -0.4 is 4.90 Å². The van der Waals surface area contributed by atoms with Gasteiger partial charge in [-0.3, -0.25) is 0 Å². The van der Waals surface area contributed by atoms with Gasteiger partial charge in [0.15, 0.2) is 0 Å². The molecule has 0 aliphatic carbocycles. The van der Waals surface area contributed by atoms with E-state index in [1.165, 1.54) is 6.07 Å². The normalized spacial score (nSPS) is 10.5. The van der Waals surface area contributed by atoms with Crippen molar-refractivity contribution >= 4 is 5.69 Å². The summed E-state index contributed by atoms with van der Waals surface area (Å²) < 4.78 is 13.3. The van der Waals surface area contributed by atoms with Crippen molar-refractivity contribution in [3.05, 3.63) is 30.1 Å². The van der Waals surface area contributed by atoms with Crippen molar-refractivity contribution in [1.82, 2.24) is 0 Å². The van der Waals surface area contributed by atoms with E-state index in [2.05, 4.69) is 13.8 Å². The summed E-state index contributed by atoms with van der Waals surface area (Å²) in [6, 6.07) is 7.23. The Kier molecular flexibility index (Phi) is 3.29. The van der Waals surface area contributed by atoms with Crippen LogP contribution in [0.15, 0.2) is 24.3 Å². The van der Waals surface area contributed by atoms with Gasteiger partial charge in [-0.1, -0.05) is 12.1 Å². The molecule has 0 aliphatic rings. The number of anilines is 1. The summed E-state index contributed by atoms with van der Waals surface area (Å²) in [6.45, 7) is 7.00. The van der Waals surface area contributed by atoms with Crippen LogP contribution in [0.3, 0.4) is 0 Å². The van der Waals surface area contributed by atoms with E-state index in [9.17, 15) is 4.39 Å². The topological polar surface area (TPSA) is 3.24 Å². The number of hydrogen-bond donors (Lipinski definition) is 0. The zero-order chi connectivity index (χ0) is 9.84. The summed E-state index contributed by atoms with van der Waals surface area (Å²) in [4.78, 5) is 2.04. The van der Waals surface area contributed by atoms with Gasteiger partial charge in [-0.2, -0.15) is 0 Å². The molecule has 1 aromatic carbocycles. The fourth-order valence-corrected chi connectivity index (χ4v) is 1.50. The van der Waals surface area contributed by atoms with E-state index in [0.29, 0.717) is 11.7 Å². The molecule has 1 rings (SSSR count). The second-order valence-electron chi connectivity index (χ2n) is 3.33. The Bertz CT molecular complexity index is 271. The van der Waals surface area contributed by atoms with Crippen LogP contribution in [0.2, 0.25) is 0 Å². The third-order valence-corrected chi connectivity index (χ3v) is 2.13. The van der Waals surface area contributed by atoms with Gasteiger partial charge in [0.05, 0.1) is 5.69 Å². The average molecular weight is 181 g/mol. The summed E-state index contributed by atoms with van der Waals surface area (Å²) in [7, 11) is 0. The van der Waals surface area contributed by atoms with Gasteiger partial charge in [-0.05, 0) is 32.9 Å². The largest absolute Gasteiger partial charge is 0.367 e. The van der Waals surface area contributed by atoms with E-state index in [4.69, 9.17) is 0 Å². The molecule has 0 fully saturated rings. The average Bonchev–Trinajstić information content (AvgIpc) is 2.09. The van der Waals surface area contributed by atoms with E-state index in [0.717, 1.165) is 6.54 Å². The minimum Gasteiger partial charge on any atom is -0.367 e. The number of hydrogen-bond acceptors (Lipinski definition) is 1. The first kappa shape index (κ1) is 10.0. The predicted octanol–water partition coefficient (Wildman–Crippen LogP) is 3.06. The minimum atomic E-state index is -0.141. The highest BCUT2D eigenvalue weighted by Crippen LogP contribution is 2.20. The van der Waals surface area contributed by atoms with Crippen molar-refractivity contribution in [2.75, 3.05) is 11.4 Å². The fourth-order valence-electron chi connectivity index (χ4n) is 1.50. The van der Waals surface area contributed by atoms with Crippen molar-refractivity contribution < 1.29 is 4.39 Å². The van der Waals surface area contributed by atoms with Crippen molar-refractivity contribution in [3.8, 4) is 0 Å². The molecule has 13 heavy (non-hydrogen) atoms. The van der Waals surface area contributed by atoms with Gasteiger partial charge in [-0.25, -0.2) is 4.39 Å². The molecule has 0 amide bonds. The lowest BCUT2D eigenvalue weighted by Gasteiger charge is -2.27. The highest BCUT2D eigenvalue weighted by Gasteiger charge is 2.11. The van der Waals surface area contributed by atoms with Gasteiger partial charge < -0.3 is 4.90 Å². The summed E-state index contributed by atoms with van der Waals surface area (Å²) >= 11 is 0. The first-order chi connectivity index (χ1) is 6.16. The summed E-state index contributed by atoms with van der Waals surface area (Å²) in [5.41, 5.74) is 0.694. The van der Waals surface area contributed by atoms with Gasteiger partial charge in [0.1, 0.15) is 5.82 Å². The van der Waals surface area contributed by atoms with Crippen molar-refractivity contribution in [2.45, 2.75) is 26.8 Å². The maximum atomic E-state index is 13.3. The van der Waals surface area contributed by atoms with Gasteiger partial charge in [0, 0.05) is 12.6 Å². The van der Waals surface area contributed by atoms with Gasteiger partial charge in [0.25, 0.3) is 0 Å². The van der Waals surface area contributed by atoms with E-state index >= 15 is 0 Å². The maximum absolute atomic E-state index is 13.3. The maximum Gasteiger partial charge on any atom is 0.146 e. The quantitative estimate of drug-likeness (QED) is 0.692. The Morgan fingerprint density at radius 1 is 1.31 bits per heavy atom. The molecule has 0 heterocycles. The molecular weight excluding hydrogens is 165 g/mol. The summed E-state index contributed by atoms with van der Waals surface area (Å²) in [5.74, 6) is -0.141. The highest BCUT2D eigenvalue weighted by molar-refractivity contribution is 5.48. The number of rotatable bonds is 3. The molecule has 0 atom stereocenters. The molecule has 0 radical (unpaired) electrons. The number of nitrogens with zero attached hydrogens (tertiary/aromatic N) is 1. The molecule has 0 spiro atoms. The van der Waals surface area contributed by atoms with Crippen LogP contribution in [0.25, 0.3) is 0 Å². The zero-order valence-electron chi connectivity index (χ0n) is 8.42. The van der Waals surface area contributed by atoms with Crippen LogP contribution in [-0.2, 0) is 0 Å². The lowest BCUT2D eigenvalue weighted by molar-refractivity contribution is 0.604. The van der Waals surface area contributed by atoms with Crippen LogP contribution >= 0.6 is 0 Å². The Morgan fingerprint density at radius 2 is 1.92 bits per heavy atom. The SMILES string of the molecule is CCN(c1ccccc1F)C(C)C. The van der Waals surface area contributed by atoms with E-state index in [-0.39, 0.29) is 5.82 Å². The lowest BCUT2D eigenvalue weighted by Crippen LogP contribution is -2.30. The molecule has 72 valence electrons. The fraction of sp³-hybridized carbons (Fsp3) is 0.455. The van der Waals surface area contributed by atoms with Gasteiger partial charge >= 0.3 is 0 Å². The first-order valence-corrected chi connectivity index (χ1v) is 4.68. The number of para-hydroxylation sites is 1. The third-order valence-electron chi connectivity index (χ3n) is 2.13. The highest BCUT2D eigenvalue weighted by atomic mass is 19.1. The Balaban J connectivity index is 2.97. The Morgan fingerprint density at radius 3 is 2.38 bits per heavy atom. The number of halogens is 1. The number of benzene rings is 1. The van der Waals surface area contributed by atoms with Crippen molar-refractivity contribution in [1.29, 1.82) is 0 Å². The lowest BCUT2D eigenvalue weighted by atomic mass is 10.2. The van der Waals surface area contributed by atoms with Crippen LogP contribution in [0.4, 0.5) is 10.1 Å². The van der Waals surface area contributed by atoms with E-state index < -0.39 is 0 Å². The van der Waals surface area contributed by atoms with Crippen LogP contribution in [-0.4, -0.2) is 12.6 Å². The van der Waals surface area contributed by atoms with Crippen LogP contribution in [0, 0.1) is 5.82 Å². The molecule has 0 unspecified atom stereocenters. The molecule has 1 nitrogen and oxygen atoms in total. The second-order valence-corrected chi connectivity index (χ2v) is 3.33. The molecule has 0 saturated carbocycles. The van der Waals surface area contributed by atoms with Gasteiger partial charge in [-0.15, -0.1) is 0 Å². The van der Waals surface area contributed by atoms with E-state index in [1.807, 2.05) is 24.0 Å². The molecule has 0 aromatic heterocycles. The Labute approximate surface area is 79.2 Å². The summed E-state index contributed by atoms with van der Waals surface area (Å²) in [5, 5.41) is 0. The zero-order valence-corrected chi connectivity index (χ0v) is 8.42. The molecule has 1 aromatic rings. The molecule has 2 heteroatoms. The monoisotopic (exact) mass is 181 g/mol. The smallest absolute Gasteiger partial charge is 0.146 e. The van der Waals surface area contributed by atoms with Gasteiger partial charge in [0.2, 0.25) is 0 Å². The minimum absolute atomic E-state index is 0.141. The first-order valence-electron chi connectivity index (χ1n) is 4.68.